The van der Waals surface area contributed by atoms with Gasteiger partial charge in [-0.15, -0.1) is 0 Å². The maximum atomic E-state index is 13.3. The Morgan fingerprint density at radius 1 is 1.27 bits per heavy atom. The summed E-state index contributed by atoms with van der Waals surface area (Å²) < 4.78 is 11.0. The van der Waals surface area contributed by atoms with E-state index >= 15 is 0 Å². The number of aromatic nitrogens is 1. The number of carbonyl (C=O) groups excluding carboxylic acids is 1. The lowest BCUT2D eigenvalue weighted by Crippen LogP contribution is -2.38. The van der Waals surface area contributed by atoms with E-state index in [1.165, 1.54) is 5.56 Å². The van der Waals surface area contributed by atoms with Crippen molar-refractivity contribution in [1.29, 1.82) is 0 Å². The molecule has 2 unspecified atom stereocenters. The number of likely N-dealkylation sites (tertiary alicyclic amines) is 1. The Balaban J connectivity index is 1.49. The number of aryl methyl sites for hydroxylation is 2. The minimum atomic E-state index is -0.316. The summed E-state index contributed by atoms with van der Waals surface area (Å²) in [5, 5.41) is 3.96. The molecule has 1 aliphatic heterocycles. The highest BCUT2D eigenvalue weighted by atomic mass is 16.5. The summed E-state index contributed by atoms with van der Waals surface area (Å²) in [6.07, 6.45) is 2.67. The second-order valence-corrected chi connectivity index (χ2v) is 7.83. The predicted molar refractivity (Wildman–Crippen MR) is 97.9 cm³/mol. The Morgan fingerprint density at radius 3 is 2.58 bits per heavy atom. The van der Waals surface area contributed by atoms with E-state index in [1.807, 2.05) is 17.9 Å². The van der Waals surface area contributed by atoms with Crippen LogP contribution < -0.4 is 0 Å². The van der Waals surface area contributed by atoms with Gasteiger partial charge in [0.15, 0.2) is 0 Å². The number of amides is 1. The number of nitrogens with zero attached hydrogens (tertiary/aromatic N) is 2. The van der Waals surface area contributed by atoms with Crippen LogP contribution in [0.3, 0.4) is 0 Å². The molecule has 2 atom stereocenters. The average Bonchev–Trinajstić information content (AvgIpc) is 3.19. The second kappa shape index (κ2) is 6.54. The summed E-state index contributed by atoms with van der Waals surface area (Å²) in [7, 11) is 1.73. The summed E-state index contributed by atoms with van der Waals surface area (Å²) in [5.74, 6) is 1.35. The van der Waals surface area contributed by atoms with Crippen LogP contribution in [0.4, 0.5) is 0 Å². The molecule has 0 N–H and O–H groups in total. The minimum absolute atomic E-state index is 0.0400. The van der Waals surface area contributed by atoms with Gasteiger partial charge < -0.3 is 14.2 Å². The summed E-state index contributed by atoms with van der Waals surface area (Å²) in [5.41, 5.74) is 2.94. The normalized spacial score (nSPS) is 24.0. The average molecular weight is 354 g/mol. The van der Waals surface area contributed by atoms with Crippen molar-refractivity contribution in [3.8, 4) is 0 Å². The Labute approximate surface area is 154 Å². The van der Waals surface area contributed by atoms with Crippen molar-refractivity contribution in [1.82, 2.24) is 10.1 Å². The molecule has 2 aromatic rings. The zero-order valence-electron chi connectivity index (χ0n) is 15.7. The van der Waals surface area contributed by atoms with E-state index < -0.39 is 0 Å². The van der Waals surface area contributed by atoms with E-state index in [9.17, 15) is 4.79 Å². The topological polar surface area (TPSA) is 55.6 Å². The molecular formula is C21H26N2O3. The zero-order chi connectivity index (χ0) is 18.3. The third kappa shape index (κ3) is 3.05. The lowest BCUT2D eigenvalue weighted by atomic mass is 9.93. The maximum Gasteiger partial charge on any atom is 0.233 e. The Morgan fingerprint density at radius 2 is 2.00 bits per heavy atom. The number of carbonyl (C=O) groups is 1. The van der Waals surface area contributed by atoms with E-state index in [0.717, 1.165) is 36.3 Å². The van der Waals surface area contributed by atoms with Crippen LogP contribution in [-0.4, -0.2) is 42.3 Å². The first-order chi connectivity index (χ1) is 12.5. The van der Waals surface area contributed by atoms with Gasteiger partial charge in [0.1, 0.15) is 5.76 Å². The summed E-state index contributed by atoms with van der Waals surface area (Å²) >= 11 is 0. The molecule has 138 valence electrons. The standard InChI is InChI=1S/C21H26N2O3/c1-14-4-6-17(7-5-14)21(8-9-21)20(24)23-12-16(19(13-23)25-3)11-18-10-15(2)22-26-18/h4-7,10,16,19H,8-9,11-13H2,1-3H3. The van der Waals surface area contributed by atoms with Crippen LogP contribution in [0.1, 0.15) is 35.4 Å². The molecule has 1 aromatic carbocycles. The molecule has 0 radical (unpaired) electrons. The van der Waals surface area contributed by atoms with Crippen molar-refractivity contribution in [3.63, 3.8) is 0 Å². The van der Waals surface area contributed by atoms with Gasteiger partial charge in [-0.1, -0.05) is 35.0 Å². The Kier molecular flexibility index (Phi) is 4.35. The number of rotatable bonds is 5. The summed E-state index contributed by atoms with van der Waals surface area (Å²) in [6.45, 7) is 5.36. The van der Waals surface area contributed by atoms with Gasteiger partial charge in [0, 0.05) is 38.6 Å². The van der Waals surface area contributed by atoms with Crippen molar-refractivity contribution in [2.45, 2.75) is 44.6 Å². The highest BCUT2D eigenvalue weighted by Crippen LogP contribution is 2.50. The van der Waals surface area contributed by atoms with Gasteiger partial charge in [-0.2, -0.15) is 0 Å². The molecular weight excluding hydrogens is 328 g/mol. The molecule has 1 amide bonds. The molecule has 2 heterocycles. The molecule has 26 heavy (non-hydrogen) atoms. The van der Waals surface area contributed by atoms with E-state index in [1.54, 1.807) is 7.11 Å². The third-order valence-corrected chi connectivity index (χ3v) is 5.87. The van der Waals surface area contributed by atoms with Gasteiger partial charge in [0.2, 0.25) is 5.91 Å². The molecule has 0 bridgehead atoms. The molecule has 1 saturated carbocycles. The number of benzene rings is 1. The fourth-order valence-corrected chi connectivity index (χ4v) is 4.17. The zero-order valence-corrected chi connectivity index (χ0v) is 15.7. The van der Waals surface area contributed by atoms with Crippen LogP contribution in [0.15, 0.2) is 34.9 Å². The minimum Gasteiger partial charge on any atom is -0.379 e. The summed E-state index contributed by atoms with van der Waals surface area (Å²) in [6, 6.07) is 10.4. The molecule has 2 aliphatic rings. The van der Waals surface area contributed by atoms with Gasteiger partial charge in [0.05, 0.1) is 17.2 Å². The SMILES string of the molecule is COC1CN(C(=O)C2(c3ccc(C)cc3)CC2)CC1Cc1cc(C)no1. The van der Waals surface area contributed by atoms with Crippen molar-refractivity contribution >= 4 is 5.91 Å². The smallest absolute Gasteiger partial charge is 0.233 e. The number of methoxy groups -OCH3 is 1. The lowest BCUT2D eigenvalue weighted by molar-refractivity contribution is -0.133. The molecule has 5 nitrogen and oxygen atoms in total. The number of hydrogen-bond donors (Lipinski definition) is 0. The van der Waals surface area contributed by atoms with Crippen molar-refractivity contribution in [2.24, 2.45) is 5.92 Å². The van der Waals surface area contributed by atoms with Gasteiger partial charge >= 0.3 is 0 Å². The Hall–Kier alpha value is -2.14. The van der Waals surface area contributed by atoms with Crippen LogP contribution in [0.25, 0.3) is 0 Å². The van der Waals surface area contributed by atoms with E-state index in [-0.39, 0.29) is 23.3 Å². The fourth-order valence-electron chi connectivity index (χ4n) is 4.17. The molecule has 1 aromatic heterocycles. The van der Waals surface area contributed by atoms with E-state index in [4.69, 9.17) is 9.26 Å². The van der Waals surface area contributed by atoms with Crippen molar-refractivity contribution < 1.29 is 14.1 Å². The van der Waals surface area contributed by atoms with Crippen LogP contribution >= 0.6 is 0 Å². The van der Waals surface area contributed by atoms with Crippen LogP contribution in [0, 0.1) is 19.8 Å². The first-order valence-corrected chi connectivity index (χ1v) is 9.33. The van der Waals surface area contributed by atoms with Crippen LogP contribution in [0.5, 0.6) is 0 Å². The second-order valence-electron chi connectivity index (χ2n) is 7.83. The predicted octanol–water partition coefficient (Wildman–Crippen LogP) is 3.04. The lowest BCUT2D eigenvalue weighted by Gasteiger charge is -2.23. The fraction of sp³-hybridized carbons (Fsp3) is 0.524. The van der Waals surface area contributed by atoms with Gasteiger partial charge in [0.25, 0.3) is 0 Å². The van der Waals surface area contributed by atoms with Crippen LogP contribution in [0.2, 0.25) is 0 Å². The first-order valence-electron chi connectivity index (χ1n) is 9.33. The molecule has 0 spiro atoms. The van der Waals surface area contributed by atoms with E-state index in [2.05, 4.69) is 36.3 Å². The maximum absolute atomic E-state index is 13.3. The molecule has 1 saturated heterocycles. The molecule has 4 rings (SSSR count). The number of hydrogen-bond acceptors (Lipinski definition) is 4. The molecule has 1 aliphatic carbocycles. The quantitative estimate of drug-likeness (QED) is 0.828. The van der Waals surface area contributed by atoms with Crippen molar-refractivity contribution in [2.75, 3.05) is 20.2 Å². The molecule has 2 fully saturated rings. The van der Waals surface area contributed by atoms with Crippen molar-refractivity contribution in [3.05, 3.63) is 52.9 Å². The highest BCUT2D eigenvalue weighted by molar-refractivity contribution is 5.91. The third-order valence-electron chi connectivity index (χ3n) is 5.87. The number of ether oxygens (including phenoxy) is 1. The van der Waals surface area contributed by atoms with Gasteiger partial charge in [-0.25, -0.2) is 0 Å². The highest BCUT2D eigenvalue weighted by Gasteiger charge is 2.54. The largest absolute Gasteiger partial charge is 0.379 e. The van der Waals surface area contributed by atoms with Crippen LogP contribution in [-0.2, 0) is 21.4 Å². The van der Waals surface area contributed by atoms with E-state index in [0.29, 0.717) is 13.1 Å². The summed E-state index contributed by atoms with van der Waals surface area (Å²) in [4.78, 5) is 15.3. The van der Waals surface area contributed by atoms with Gasteiger partial charge in [-0.3, -0.25) is 4.79 Å². The molecule has 5 heteroatoms. The first kappa shape index (κ1) is 17.3. The monoisotopic (exact) mass is 354 g/mol. The Bertz CT molecular complexity index is 792. The van der Waals surface area contributed by atoms with Gasteiger partial charge in [-0.05, 0) is 32.3 Å².